The molecule has 2 aromatic carbocycles. The van der Waals surface area contributed by atoms with Crippen molar-refractivity contribution in [2.45, 2.75) is 32.2 Å². The molecule has 1 saturated heterocycles. The zero-order chi connectivity index (χ0) is 23.0. The normalized spacial score (nSPS) is 16.5. The summed E-state index contributed by atoms with van der Waals surface area (Å²) in [6.07, 6.45) is -2.88. The molecule has 1 unspecified atom stereocenters. The first-order valence-electron chi connectivity index (χ1n) is 10.4. The number of benzene rings is 2. The molecule has 9 heteroatoms. The van der Waals surface area contributed by atoms with Gasteiger partial charge < -0.3 is 20.3 Å². The summed E-state index contributed by atoms with van der Waals surface area (Å²) in [6, 6.07) is 15.8. The van der Waals surface area contributed by atoms with Crippen LogP contribution in [0.15, 0.2) is 54.6 Å². The number of para-hydroxylation sites is 1. The van der Waals surface area contributed by atoms with Crippen molar-refractivity contribution in [3.63, 3.8) is 0 Å². The Kier molecular flexibility index (Phi) is 8.10. The first kappa shape index (κ1) is 23.6. The summed E-state index contributed by atoms with van der Waals surface area (Å²) in [5.74, 6) is -0.372. The Morgan fingerprint density at radius 2 is 1.72 bits per heavy atom. The molecule has 1 heterocycles. The molecular formula is C23H26F3N3O3. The predicted molar refractivity (Wildman–Crippen MR) is 114 cm³/mol. The van der Waals surface area contributed by atoms with Crippen LogP contribution < -0.4 is 10.6 Å². The molecule has 172 valence electrons. The van der Waals surface area contributed by atoms with E-state index in [0.29, 0.717) is 18.7 Å². The van der Waals surface area contributed by atoms with Crippen LogP contribution in [0.4, 0.5) is 23.7 Å². The number of alkyl halides is 3. The number of hydrogen-bond acceptors (Lipinski definition) is 3. The molecule has 1 aliphatic rings. The third-order valence-corrected chi connectivity index (χ3v) is 5.12. The fraction of sp³-hybridized carbons (Fsp3) is 0.391. The molecule has 0 saturated carbocycles. The summed E-state index contributed by atoms with van der Waals surface area (Å²) in [6.45, 7) is -0.215. The highest BCUT2D eigenvalue weighted by Gasteiger charge is 2.29. The molecule has 0 bridgehead atoms. The number of halogens is 3. The third kappa shape index (κ3) is 7.56. The Labute approximate surface area is 184 Å². The zero-order valence-corrected chi connectivity index (χ0v) is 17.5. The monoisotopic (exact) mass is 449 g/mol. The Morgan fingerprint density at radius 3 is 2.41 bits per heavy atom. The Hall–Kier alpha value is -3.07. The lowest BCUT2D eigenvalue weighted by Crippen LogP contribution is -2.47. The van der Waals surface area contributed by atoms with Crippen LogP contribution in [-0.4, -0.2) is 42.7 Å². The van der Waals surface area contributed by atoms with E-state index in [1.807, 2.05) is 30.3 Å². The van der Waals surface area contributed by atoms with Gasteiger partial charge >= 0.3 is 12.2 Å². The van der Waals surface area contributed by atoms with E-state index in [9.17, 15) is 22.8 Å². The SMILES string of the molecule is O=C(Nc1ccccc1)C1CCCN(C(=O)NCc2ccc(COCC(F)(F)F)cc2)C1. The molecular weight excluding hydrogens is 423 g/mol. The van der Waals surface area contributed by atoms with Crippen LogP contribution in [0.5, 0.6) is 0 Å². The molecule has 2 aromatic rings. The van der Waals surface area contributed by atoms with Gasteiger partial charge in [-0.25, -0.2) is 4.79 Å². The van der Waals surface area contributed by atoms with Crippen molar-refractivity contribution in [3.8, 4) is 0 Å². The number of rotatable bonds is 7. The molecule has 1 aliphatic heterocycles. The maximum Gasteiger partial charge on any atom is 0.411 e. The third-order valence-electron chi connectivity index (χ3n) is 5.12. The molecule has 32 heavy (non-hydrogen) atoms. The van der Waals surface area contributed by atoms with Gasteiger partial charge in [0.05, 0.1) is 12.5 Å². The maximum atomic E-state index is 12.6. The van der Waals surface area contributed by atoms with Crippen LogP contribution in [-0.2, 0) is 22.7 Å². The second-order valence-electron chi connectivity index (χ2n) is 7.72. The lowest BCUT2D eigenvalue weighted by atomic mass is 9.97. The van der Waals surface area contributed by atoms with Crippen LogP contribution in [0, 0.1) is 5.92 Å². The smallest absolute Gasteiger partial charge is 0.367 e. The van der Waals surface area contributed by atoms with E-state index in [2.05, 4.69) is 15.4 Å². The number of nitrogens with zero attached hydrogens (tertiary/aromatic N) is 1. The molecule has 2 N–H and O–H groups in total. The van der Waals surface area contributed by atoms with Gasteiger partial charge in [0.15, 0.2) is 0 Å². The number of nitrogens with one attached hydrogen (secondary N) is 2. The molecule has 0 aromatic heterocycles. The van der Waals surface area contributed by atoms with Crippen molar-refractivity contribution >= 4 is 17.6 Å². The molecule has 3 rings (SSSR count). The van der Waals surface area contributed by atoms with E-state index in [-0.39, 0.29) is 31.0 Å². The number of likely N-dealkylation sites (tertiary alicyclic amines) is 1. The van der Waals surface area contributed by atoms with E-state index >= 15 is 0 Å². The van der Waals surface area contributed by atoms with Gasteiger partial charge in [-0.1, -0.05) is 42.5 Å². The second kappa shape index (κ2) is 11.0. The number of amides is 3. The van der Waals surface area contributed by atoms with Crippen molar-refractivity contribution in [3.05, 3.63) is 65.7 Å². The predicted octanol–water partition coefficient (Wildman–Crippen LogP) is 4.33. The van der Waals surface area contributed by atoms with Crippen molar-refractivity contribution in [2.24, 2.45) is 5.92 Å². The van der Waals surface area contributed by atoms with Gasteiger partial charge in [0.1, 0.15) is 6.61 Å². The Morgan fingerprint density at radius 1 is 1.03 bits per heavy atom. The second-order valence-corrected chi connectivity index (χ2v) is 7.72. The van der Waals surface area contributed by atoms with Gasteiger partial charge in [0.25, 0.3) is 0 Å². The summed E-state index contributed by atoms with van der Waals surface area (Å²) < 4.78 is 41.0. The Balaban J connectivity index is 1.43. The summed E-state index contributed by atoms with van der Waals surface area (Å²) in [7, 11) is 0. The highest BCUT2D eigenvalue weighted by atomic mass is 19.4. The van der Waals surface area contributed by atoms with E-state index in [4.69, 9.17) is 0 Å². The summed E-state index contributed by atoms with van der Waals surface area (Å²) in [4.78, 5) is 26.7. The number of urea groups is 1. The molecule has 1 atom stereocenters. The van der Waals surface area contributed by atoms with Gasteiger partial charge in [-0.3, -0.25) is 4.79 Å². The van der Waals surface area contributed by atoms with Crippen LogP contribution >= 0.6 is 0 Å². The fourth-order valence-electron chi connectivity index (χ4n) is 3.47. The van der Waals surface area contributed by atoms with Crippen molar-refractivity contribution in [2.75, 3.05) is 25.0 Å². The molecule has 3 amide bonds. The van der Waals surface area contributed by atoms with Crippen molar-refractivity contribution in [1.82, 2.24) is 10.2 Å². The van der Waals surface area contributed by atoms with Gasteiger partial charge in [-0.05, 0) is 36.1 Å². The highest BCUT2D eigenvalue weighted by molar-refractivity contribution is 5.93. The largest absolute Gasteiger partial charge is 0.411 e. The van der Waals surface area contributed by atoms with Gasteiger partial charge in [-0.2, -0.15) is 13.2 Å². The number of carbonyl (C=O) groups is 2. The van der Waals surface area contributed by atoms with Gasteiger partial charge in [0, 0.05) is 25.3 Å². The number of ether oxygens (including phenoxy) is 1. The van der Waals surface area contributed by atoms with Crippen LogP contribution in [0.1, 0.15) is 24.0 Å². The van der Waals surface area contributed by atoms with E-state index in [1.54, 1.807) is 29.2 Å². The fourth-order valence-corrected chi connectivity index (χ4v) is 3.47. The average molecular weight is 449 g/mol. The minimum absolute atomic E-state index is 0.1000. The molecule has 0 aliphatic carbocycles. The molecule has 1 fully saturated rings. The maximum absolute atomic E-state index is 12.6. The van der Waals surface area contributed by atoms with Crippen molar-refractivity contribution in [1.29, 1.82) is 0 Å². The number of hydrogen-bond donors (Lipinski definition) is 2. The van der Waals surface area contributed by atoms with Crippen LogP contribution in [0.2, 0.25) is 0 Å². The first-order chi connectivity index (χ1) is 15.3. The van der Waals surface area contributed by atoms with Gasteiger partial charge in [0.2, 0.25) is 5.91 Å². The summed E-state index contributed by atoms with van der Waals surface area (Å²) in [5.41, 5.74) is 2.16. The zero-order valence-electron chi connectivity index (χ0n) is 17.5. The standard InChI is InChI=1S/C23H26F3N3O3/c24-23(25,26)16-32-15-18-10-8-17(9-11-18)13-27-22(31)29-12-4-5-19(14-29)21(30)28-20-6-2-1-3-7-20/h1-3,6-11,19H,4-5,12-16H2,(H,27,31)(H,28,30). The van der Waals surface area contributed by atoms with Crippen LogP contribution in [0.3, 0.4) is 0 Å². The summed E-state index contributed by atoms with van der Waals surface area (Å²) >= 11 is 0. The highest BCUT2D eigenvalue weighted by Crippen LogP contribution is 2.19. The lowest BCUT2D eigenvalue weighted by molar-refractivity contribution is -0.176. The molecule has 0 spiro atoms. The van der Waals surface area contributed by atoms with E-state index in [1.165, 1.54) is 0 Å². The lowest BCUT2D eigenvalue weighted by Gasteiger charge is -2.32. The number of piperidine rings is 1. The van der Waals surface area contributed by atoms with Gasteiger partial charge in [-0.15, -0.1) is 0 Å². The number of anilines is 1. The van der Waals surface area contributed by atoms with E-state index < -0.39 is 12.8 Å². The Bertz CT molecular complexity index is 889. The van der Waals surface area contributed by atoms with Crippen molar-refractivity contribution < 1.29 is 27.5 Å². The quantitative estimate of drug-likeness (QED) is 0.661. The average Bonchev–Trinajstić information content (AvgIpc) is 2.78. The topological polar surface area (TPSA) is 70.7 Å². The first-order valence-corrected chi connectivity index (χ1v) is 10.4. The summed E-state index contributed by atoms with van der Waals surface area (Å²) in [5, 5.41) is 5.72. The molecule has 6 nitrogen and oxygen atoms in total. The minimum Gasteiger partial charge on any atom is -0.367 e. The van der Waals surface area contributed by atoms with E-state index in [0.717, 1.165) is 24.1 Å². The molecule has 0 radical (unpaired) electrons. The minimum atomic E-state index is -4.35. The van der Waals surface area contributed by atoms with Crippen LogP contribution in [0.25, 0.3) is 0 Å². The number of carbonyl (C=O) groups excluding carboxylic acids is 2.